The Labute approximate surface area is 114 Å². The maximum absolute atomic E-state index is 5.40. The van der Waals surface area contributed by atoms with E-state index < -0.39 is 0 Å². The number of aliphatic imine (C=N–C) groups is 1. The Morgan fingerprint density at radius 1 is 1.33 bits per heavy atom. The molecular weight excluding hydrogens is 250 g/mol. The molecule has 1 aromatic carbocycles. The minimum Gasteiger partial charge on any atom is -0.390 e. The largest absolute Gasteiger partial charge is 0.390 e. The van der Waals surface area contributed by atoms with E-state index in [-0.39, 0.29) is 18.6 Å². The number of rotatable bonds is 4. The van der Waals surface area contributed by atoms with Crippen molar-refractivity contribution >= 4 is 18.3 Å². The molecule has 100 valence electrons. The van der Waals surface area contributed by atoms with E-state index in [4.69, 9.17) is 4.84 Å². The fraction of sp³-hybridized carbons (Fsp3) is 0.462. The monoisotopic (exact) mass is 269 g/mol. The van der Waals surface area contributed by atoms with Crippen molar-refractivity contribution in [2.75, 3.05) is 13.6 Å². The summed E-state index contributed by atoms with van der Waals surface area (Å²) in [5, 5.41) is 0. The van der Waals surface area contributed by atoms with Crippen molar-refractivity contribution < 1.29 is 4.84 Å². The minimum atomic E-state index is -0.0771. The molecule has 0 amide bonds. The van der Waals surface area contributed by atoms with Gasteiger partial charge in [-0.2, -0.15) is 0 Å². The minimum absolute atomic E-state index is 0. The summed E-state index contributed by atoms with van der Waals surface area (Å²) in [4.78, 5) is 12.1. The standard InChI is InChI=1S/C13H19N3O.ClH/c1-10(2)16(3)9-12-14-13(15-17-12)11-7-5-4-6-8-11;/h4-8,10,13,15H,9H2,1-3H3;1H. The maximum Gasteiger partial charge on any atom is 0.225 e. The van der Waals surface area contributed by atoms with Crippen LogP contribution in [-0.2, 0) is 4.84 Å². The van der Waals surface area contributed by atoms with Gasteiger partial charge in [-0.25, -0.2) is 4.99 Å². The van der Waals surface area contributed by atoms with Gasteiger partial charge in [-0.3, -0.25) is 4.90 Å². The van der Waals surface area contributed by atoms with E-state index in [1.807, 2.05) is 30.3 Å². The van der Waals surface area contributed by atoms with Crippen LogP contribution in [0.25, 0.3) is 0 Å². The summed E-state index contributed by atoms with van der Waals surface area (Å²) in [6, 6.07) is 10.6. The van der Waals surface area contributed by atoms with Gasteiger partial charge in [0.15, 0.2) is 6.17 Å². The SMILES string of the molecule is CC(C)N(C)CC1=NC(c2ccccc2)NO1.Cl. The van der Waals surface area contributed by atoms with Crippen LogP contribution in [0.2, 0.25) is 0 Å². The fourth-order valence-corrected chi connectivity index (χ4v) is 1.57. The molecule has 0 spiro atoms. The molecule has 1 aromatic rings. The van der Waals surface area contributed by atoms with Crippen LogP contribution in [0.4, 0.5) is 0 Å². The Hall–Kier alpha value is -1.10. The van der Waals surface area contributed by atoms with Crippen LogP contribution in [0.15, 0.2) is 35.3 Å². The third-order valence-corrected chi connectivity index (χ3v) is 2.94. The molecule has 1 aliphatic heterocycles. The molecule has 1 atom stereocenters. The summed E-state index contributed by atoms with van der Waals surface area (Å²) in [6.07, 6.45) is -0.0771. The molecule has 1 aliphatic rings. The zero-order valence-corrected chi connectivity index (χ0v) is 11.8. The van der Waals surface area contributed by atoms with Gasteiger partial charge in [0, 0.05) is 6.04 Å². The lowest BCUT2D eigenvalue weighted by molar-refractivity contribution is 0.166. The van der Waals surface area contributed by atoms with Gasteiger partial charge in [0.25, 0.3) is 0 Å². The third-order valence-electron chi connectivity index (χ3n) is 2.94. The third kappa shape index (κ3) is 3.70. The van der Waals surface area contributed by atoms with E-state index in [1.165, 1.54) is 0 Å². The van der Waals surface area contributed by atoms with Crippen LogP contribution in [0, 0.1) is 0 Å². The molecule has 2 rings (SSSR count). The molecule has 4 nitrogen and oxygen atoms in total. The van der Waals surface area contributed by atoms with E-state index in [1.54, 1.807) is 0 Å². The van der Waals surface area contributed by atoms with E-state index in [2.05, 4.69) is 36.3 Å². The highest BCUT2D eigenvalue weighted by molar-refractivity contribution is 5.85. The fourth-order valence-electron chi connectivity index (χ4n) is 1.57. The Morgan fingerprint density at radius 3 is 2.61 bits per heavy atom. The number of hydrogen-bond donors (Lipinski definition) is 1. The second-order valence-electron chi connectivity index (χ2n) is 4.56. The van der Waals surface area contributed by atoms with Crippen molar-refractivity contribution in [1.29, 1.82) is 0 Å². The van der Waals surface area contributed by atoms with E-state index in [0.717, 1.165) is 18.0 Å². The summed E-state index contributed by atoms with van der Waals surface area (Å²) < 4.78 is 0. The van der Waals surface area contributed by atoms with Gasteiger partial charge in [-0.15, -0.1) is 17.9 Å². The number of hydroxylamine groups is 1. The average molecular weight is 270 g/mol. The van der Waals surface area contributed by atoms with Crippen molar-refractivity contribution in [3.05, 3.63) is 35.9 Å². The molecule has 0 bridgehead atoms. The van der Waals surface area contributed by atoms with Crippen LogP contribution >= 0.6 is 12.4 Å². The molecule has 1 heterocycles. The number of likely N-dealkylation sites (N-methyl/N-ethyl adjacent to an activating group) is 1. The van der Waals surface area contributed by atoms with E-state index in [9.17, 15) is 0 Å². The zero-order chi connectivity index (χ0) is 12.3. The number of benzene rings is 1. The van der Waals surface area contributed by atoms with E-state index in [0.29, 0.717) is 6.04 Å². The van der Waals surface area contributed by atoms with Crippen LogP contribution < -0.4 is 5.48 Å². The van der Waals surface area contributed by atoms with Crippen LogP contribution in [-0.4, -0.2) is 30.4 Å². The molecular formula is C13H20ClN3O. The predicted molar refractivity (Wildman–Crippen MR) is 75.9 cm³/mol. The van der Waals surface area contributed by atoms with Gasteiger partial charge in [0.05, 0.1) is 6.54 Å². The van der Waals surface area contributed by atoms with Gasteiger partial charge in [0.2, 0.25) is 5.90 Å². The van der Waals surface area contributed by atoms with Crippen molar-refractivity contribution in [3.63, 3.8) is 0 Å². The number of halogens is 1. The smallest absolute Gasteiger partial charge is 0.225 e. The molecule has 5 heteroatoms. The quantitative estimate of drug-likeness (QED) is 0.912. The van der Waals surface area contributed by atoms with Gasteiger partial charge < -0.3 is 4.84 Å². The first-order valence-corrected chi connectivity index (χ1v) is 5.91. The van der Waals surface area contributed by atoms with Crippen LogP contribution in [0.5, 0.6) is 0 Å². The van der Waals surface area contributed by atoms with E-state index >= 15 is 0 Å². The second kappa shape index (κ2) is 6.73. The predicted octanol–water partition coefficient (Wildman–Crippen LogP) is 2.38. The summed E-state index contributed by atoms with van der Waals surface area (Å²) >= 11 is 0. The second-order valence-corrected chi connectivity index (χ2v) is 4.56. The average Bonchev–Trinajstić information content (AvgIpc) is 2.78. The van der Waals surface area contributed by atoms with Crippen molar-refractivity contribution in [3.8, 4) is 0 Å². The normalized spacial score (nSPS) is 18.5. The van der Waals surface area contributed by atoms with Crippen molar-refractivity contribution in [2.45, 2.75) is 26.1 Å². The Kier molecular flexibility index (Phi) is 5.59. The van der Waals surface area contributed by atoms with Gasteiger partial charge in [-0.05, 0) is 26.5 Å². The number of hydrogen-bond acceptors (Lipinski definition) is 4. The van der Waals surface area contributed by atoms with Crippen molar-refractivity contribution in [1.82, 2.24) is 10.4 Å². The first-order valence-electron chi connectivity index (χ1n) is 5.91. The van der Waals surface area contributed by atoms with Crippen LogP contribution in [0.1, 0.15) is 25.6 Å². The molecule has 0 aliphatic carbocycles. The molecule has 0 saturated heterocycles. The molecule has 0 saturated carbocycles. The topological polar surface area (TPSA) is 36.9 Å². The first kappa shape index (κ1) is 15.0. The highest BCUT2D eigenvalue weighted by atomic mass is 35.5. The van der Waals surface area contributed by atoms with Gasteiger partial charge in [0.1, 0.15) is 0 Å². The molecule has 18 heavy (non-hydrogen) atoms. The van der Waals surface area contributed by atoms with Gasteiger partial charge >= 0.3 is 0 Å². The molecule has 0 fully saturated rings. The lowest BCUT2D eigenvalue weighted by Crippen LogP contribution is -2.32. The van der Waals surface area contributed by atoms with Gasteiger partial charge in [-0.1, -0.05) is 30.3 Å². The summed E-state index contributed by atoms with van der Waals surface area (Å²) in [5.41, 5.74) is 4.06. The Bertz CT molecular complexity index is 394. The highest BCUT2D eigenvalue weighted by Gasteiger charge is 2.21. The summed E-state index contributed by atoms with van der Waals surface area (Å²) in [6.45, 7) is 5.03. The number of nitrogens with one attached hydrogen (secondary N) is 1. The van der Waals surface area contributed by atoms with Crippen molar-refractivity contribution in [2.24, 2.45) is 4.99 Å². The molecule has 1 N–H and O–H groups in total. The molecule has 1 unspecified atom stereocenters. The Morgan fingerprint density at radius 2 is 2.00 bits per heavy atom. The first-order chi connectivity index (χ1) is 8.16. The van der Waals surface area contributed by atoms with Crippen LogP contribution in [0.3, 0.4) is 0 Å². The summed E-state index contributed by atoms with van der Waals surface area (Å²) in [5.74, 6) is 0.745. The lowest BCUT2D eigenvalue weighted by atomic mass is 10.2. The molecule has 0 radical (unpaired) electrons. The molecule has 0 aromatic heterocycles. The highest BCUT2D eigenvalue weighted by Crippen LogP contribution is 2.18. The zero-order valence-electron chi connectivity index (χ0n) is 11.0. The number of nitrogens with zero attached hydrogens (tertiary/aromatic N) is 2. The Balaban J connectivity index is 0.00000162. The maximum atomic E-state index is 5.40. The summed E-state index contributed by atoms with van der Waals surface area (Å²) in [7, 11) is 2.06. The lowest BCUT2D eigenvalue weighted by Gasteiger charge is -2.19.